The normalized spacial score (nSPS) is 11.4. The van der Waals surface area contributed by atoms with Crippen LogP contribution in [-0.4, -0.2) is 21.6 Å². The molecule has 5 aromatic rings. The first-order chi connectivity index (χ1) is 16.4. The summed E-state index contributed by atoms with van der Waals surface area (Å²) in [4.78, 5) is 33.7. The van der Waals surface area contributed by atoms with Crippen LogP contribution in [-0.2, 0) is 13.0 Å². The Labute approximate surface area is 197 Å². The van der Waals surface area contributed by atoms with Crippen LogP contribution in [0.15, 0.2) is 64.2 Å². The molecule has 5 rings (SSSR count). The van der Waals surface area contributed by atoms with Crippen molar-refractivity contribution in [3.8, 4) is 28.0 Å². The number of pyridine rings is 1. The summed E-state index contributed by atoms with van der Waals surface area (Å²) in [6, 6.07) is 17.9. The number of fused-ring (bicyclic) bond motifs is 1. The van der Waals surface area contributed by atoms with Gasteiger partial charge in [-0.15, -0.1) is 0 Å². The van der Waals surface area contributed by atoms with Gasteiger partial charge >= 0.3 is 0 Å². The van der Waals surface area contributed by atoms with Gasteiger partial charge in [-0.2, -0.15) is 0 Å². The molecule has 0 atom stereocenters. The predicted molar refractivity (Wildman–Crippen MR) is 134 cm³/mol. The molecule has 0 aliphatic heterocycles. The Hall–Kier alpha value is -4.06. The molecule has 2 heterocycles. The average molecular weight is 452 g/mol. The molecule has 0 aliphatic rings. The minimum Gasteiger partial charge on any atom is -0.492 e. The maximum Gasteiger partial charge on any atom is 0.268 e. The minimum atomic E-state index is -0.568. The van der Waals surface area contributed by atoms with Gasteiger partial charge in [0.15, 0.2) is 11.4 Å². The second-order valence-corrected chi connectivity index (χ2v) is 8.53. The average Bonchev–Trinajstić information content (AvgIpc) is 3.20. The van der Waals surface area contributed by atoms with Crippen molar-refractivity contribution < 1.29 is 4.74 Å². The van der Waals surface area contributed by atoms with E-state index in [0.717, 1.165) is 51.4 Å². The number of hydrogen-bond acceptors (Lipinski definition) is 5. The number of aromatic nitrogens is 3. The van der Waals surface area contributed by atoms with Crippen LogP contribution in [0, 0.1) is 13.8 Å². The smallest absolute Gasteiger partial charge is 0.268 e. The summed E-state index contributed by atoms with van der Waals surface area (Å²) >= 11 is 0. The Morgan fingerprint density at radius 3 is 2.29 bits per heavy atom. The molecule has 2 aromatic heterocycles. The number of aryl methyl sites for hydroxylation is 3. The molecule has 0 fully saturated rings. The number of hydrogen-bond donors (Lipinski definition) is 0. The maximum absolute atomic E-state index is 12.3. The monoisotopic (exact) mass is 451 g/mol. The van der Waals surface area contributed by atoms with Gasteiger partial charge in [0, 0.05) is 12.1 Å². The third-order valence-corrected chi connectivity index (χ3v) is 6.29. The van der Waals surface area contributed by atoms with Crippen LogP contribution in [0.4, 0.5) is 0 Å². The van der Waals surface area contributed by atoms with Crippen molar-refractivity contribution in [2.45, 2.75) is 33.7 Å². The molecule has 0 radical (unpaired) electrons. The van der Waals surface area contributed by atoms with Gasteiger partial charge in [-0.25, -0.2) is 9.97 Å². The van der Waals surface area contributed by atoms with E-state index in [1.54, 1.807) is 0 Å². The highest BCUT2D eigenvalue weighted by molar-refractivity contribution is 5.87. The fraction of sp³-hybridized carbons (Fsp3) is 0.214. The lowest BCUT2D eigenvalue weighted by molar-refractivity contribution is 0.407. The third kappa shape index (κ3) is 3.43. The van der Waals surface area contributed by atoms with Crippen LogP contribution >= 0.6 is 0 Å². The summed E-state index contributed by atoms with van der Waals surface area (Å²) in [6.07, 6.45) is 0.823. The highest BCUT2D eigenvalue weighted by Gasteiger charge is 2.25. The molecule has 0 bridgehead atoms. The standard InChI is InChI=1S/C28H25N3O3/c1-5-22-30-24-16(2)14-17(3)29-28(24)31(22)15-18-10-12-19(13-11-18)20-8-6-7-9-21(20)23-25(32)26(33)27(23)34-4/h6-14H,5,15H2,1-4H3. The molecule has 170 valence electrons. The Morgan fingerprint density at radius 2 is 1.62 bits per heavy atom. The summed E-state index contributed by atoms with van der Waals surface area (Å²) in [5.74, 6) is 1.14. The lowest BCUT2D eigenvalue weighted by atomic mass is 9.91. The quantitative estimate of drug-likeness (QED) is 0.353. The predicted octanol–water partition coefficient (Wildman–Crippen LogP) is 4.60. The van der Waals surface area contributed by atoms with Gasteiger partial charge in [0.25, 0.3) is 5.43 Å². The number of benzene rings is 2. The summed E-state index contributed by atoms with van der Waals surface area (Å²) in [5, 5.41) is 0. The number of ether oxygens (including phenoxy) is 1. The second kappa shape index (κ2) is 8.37. The summed E-state index contributed by atoms with van der Waals surface area (Å²) in [5.41, 5.74) is 6.95. The van der Waals surface area contributed by atoms with E-state index in [4.69, 9.17) is 14.7 Å². The zero-order chi connectivity index (χ0) is 24.0. The fourth-order valence-corrected chi connectivity index (χ4v) is 4.62. The summed E-state index contributed by atoms with van der Waals surface area (Å²) in [6.45, 7) is 6.86. The number of methoxy groups -OCH3 is 1. The van der Waals surface area contributed by atoms with Crippen molar-refractivity contribution in [1.29, 1.82) is 0 Å². The first-order valence-electron chi connectivity index (χ1n) is 11.3. The van der Waals surface area contributed by atoms with Crippen LogP contribution in [0.5, 0.6) is 5.75 Å². The maximum atomic E-state index is 12.3. The molecule has 6 nitrogen and oxygen atoms in total. The lowest BCUT2D eigenvalue weighted by Gasteiger charge is -2.14. The van der Waals surface area contributed by atoms with Crippen molar-refractivity contribution in [1.82, 2.24) is 14.5 Å². The highest BCUT2D eigenvalue weighted by Crippen LogP contribution is 2.35. The van der Waals surface area contributed by atoms with Crippen LogP contribution < -0.4 is 15.6 Å². The molecule has 0 aliphatic carbocycles. The van der Waals surface area contributed by atoms with Crippen molar-refractivity contribution in [2.24, 2.45) is 0 Å². The number of imidazole rings is 1. The molecule has 0 unspecified atom stereocenters. The van der Waals surface area contributed by atoms with E-state index >= 15 is 0 Å². The zero-order valence-electron chi connectivity index (χ0n) is 19.7. The zero-order valence-corrected chi connectivity index (χ0v) is 19.7. The van der Waals surface area contributed by atoms with E-state index in [-0.39, 0.29) is 5.75 Å². The lowest BCUT2D eigenvalue weighted by Crippen LogP contribution is -2.34. The Kier molecular flexibility index (Phi) is 5.36. The van der Waals surface area contributed by atoms with Gasteiger partial charge in [0.05, 0.1) is 19.2 Å². The van der Waals surface area contributed by atoms with Gasteiger partial charge in [-0.3, -0.25) is 9.59 Å². The fourth-order valence-electron chi connectivity index (χ4n) is 4.62. The van der Waals surface area contributed by atoms with Crippen molar-refractivity contribution >= 4 is 11.2 Å². The van der Waals surface area contributed by atoms with E-state index in [1.165, 1.54) is 7.11 Å². The number of rotatable bonds is 6. The molecule has 6 heteroatoms. The molecular weight excluding hydrogens is 426 g/mol. The van der Waals surface area contributed by atoms with Crippen molar-refractivity contribution in [2.75, 3.05) is 7.11 Å². The van der Waals surface area contributed by atoms with Gasteiger partial charge in [-0.05, 0) is 47.7 Å². The Morgan fingerprint density at radius 1 is 0.912 bits per heavy atom. The molecule has 0 N–H and O–H groups in total. The van der Waals surface area contributed by atoms with Crippen LogP contribution in [0.1, 0.15) is 29.6 Å². The van der Waals surface area contributed by atoms with Crippen molar-refractivity contribution in [3.05, 3.63) is 97.7 Å². The topological polar surface area (TPSA) is 74.1 Å². The van der Waals surface area contributed by atoms with E-state index in [9.17, 15) is 9.59 Å². The Balaban J connectivity index is 1.52. The highest BCUT2D eigenvalue weighted by atomic mass is 16.5. The molecule has 0 spiro atoms. The van der Waals surface area contributed by atoms with E-state index in [0.29, 0.717) is 17.7 Å². The van der Waals surface area contributed by atoms with E-state index < -0.39 is 10.9 Å². The minimum absolute atomic E-state index is 0.131. The summed E-state index contributed by atoms with van der Waals surface area (Å²) in [7, 11) is 1.42. The molecule has 34 heavy (non-hydrogen) atoms. The van der Waals surface area contributed by atoms with Gasteiger partial charge < -0.3 is 9.30 Å². The third-order valence-electron chi connectivity index (χ3n) is 6.29. The first kappa shape index (κ1) is 21.8. The molecule has 0 amide bonds. The van der Waals surface area contributed by atoms with Crippen LogP contribution in [0.2, 0.25) is 0 Å². The molecule has 0 saturated heterocycles. The number of nitrogens with zero attached hydrogens (tertiary/aromatic N) is 3. The van der Waals surface area contributed by atoms with Gasteiger partial charge in [0.2, 0.25) is 5.43 Å². The Bertz CT molecular complexity index is 1600. The SMILES string of the molecule is CCc1nc2c(C)cc(C)nc2n1Cc1ccc(-c2ccccc2-c2c(OC)c(=O)c2=O)cc1. The van der Waals surface area contributed by atoms with Crippen molar-refractivity contribution in [3.63, 3.8) is 0 Å². The largest absolute Gasteiger partial charge is 0.492 e. The van der Waals surface area contributed by atoms with E-state index in [2.05, 4.69) is 36.6 Å². The van der Waals surface area contributed by atoms with E-state index in [1.807, 2.05) is 43.3 Å². The molecule has 0 saturated carbocycles. The first-order valence-corrected chi connectivity index (χ1v) is 11.3. The van der Waals surface area contributed by atoms with Gasteiger partial charge in [0.1, 0.15) is 11.3 Å². The molecular formula is C28H25N3O3. The van der Waals surface area contributed by atoms with Gasteiger partial charge in [-0.1, -0.05) is 55.5 Å². The molecule has 3 aromatic carbocycles. The van der Waals surface area contributed by atoms with Crippen LogP contribution in [0.3, 0.4) is 0 Å². The van der Waals surface area contributed by atoms with Crippen LogP contribution in [0.25, 0.3) is 33.4 Å². The second-order valence-electron chi connectivity index (χ2n) is 8.53. The summed E-state index contributed by atoms with van der Waals surface area (Å²) < 4.78 is 7.36.